The van der Waals surface area contributed by atoms with Gasteiger partial charge in [0.2, 0.25) is 0 Å². The van der Waals surface area contributed by atoms with E-state index in [0.29, 0.717) is 24.0 Å². The van der Waals surface area contributed by atoms with E-state index in [9.17, 15) is 0 Å². The molecule has 2 bridgehead atoms. The first kappa shape index (κ1) is 9.67. The molecule has 0 aromatic carbocycles. The van der Waals surface area contributed by atoms with E-state index >= 15 is 0 Å². The van der Waals surface area contributed by atoms with Gasteiger partial charge in [-0.05, 0) is 19.3 Å². The summed E-state index contributed by atoms with van der Waals surface area (Å²) in [6, 6.07) is 0. The van der Waals surface area contributed by atoms with Crippen LogP contribution in [0.5, 0.6) is 0 Å². The first-order chi connectivity index (χ1) is 7.35. The zero-order valence-corrected chi connectivity index (χ0v) is 9.36. The number of hydrogen-bond donors (Lipinski definition) is 0. The number of nitrogens with zero attached hydrogens (tertiary/aromatic N) is 2. The van der Waals surface area contributed by atoms with Crippen LogP contribution in [0, 0.1) is 5.92 Å². The Morgan fingerprint density at radius 3 is 3.07 bits per heavy atom. The molecule has 3 heterocycles. The lowest BCUT2D eigenvalue weighted by atomic mass is 9.89. The average Bonchev–Trinajstić information content (AvgIpc) is 2.92. The second-order valence-corrected chi connectivity index (χ2v) is 4.83. The molecule has 3 rings (SSSR count). The third-order valence-electron chi connectivity index (χ3n) is 3.50. The summed E-state index contributed by atoms with van der Waals surface area (Å²) in [5.74, 6) is 1.18. The minimum Gasteiger partial charge on any atom is -0.375 e. The summed E-state index contributed by atoms with van der Waals surface area (Å²) in [5, 5.41) is 0. The van der Waals surface area contributed by atoms with Crippen LogP contribution >= 0.6 is 11.6 Å². The molecule has 15 heavy (non-hydrogen) atoms. The summed E-state index contributed by atoms with van der Waals surface area (Å²) in [6.45, 7) is 1.03. The van der Waals surface area contributed by atoms with E-state index in [2.05, 4.69) is 9.55 Å². The first-order valence-electron chi connectivity index (χ1n) is 5.57. The van der Waals surface area contributed by atoms with Crippen LogP contribution < -0.4 is 0 Å². The Hall–Kier alpha value is -0.540. The fraction of sp³-hybridized carbons (Fsp3) is 0.727. The SMILES string of the molecule is ClCc1cn(CC2CC3CCC2O3)cn1. The van der Waals surface area contributed by atoms with Crippen molar-refractivity contribution in [1.29, 1.82) is 0 Å². The topological polar surface area (TPSA) is 27.1 Å². The zero-order chi connectivity index (χ0) is 10.3. The zero-order valence-electron chi connectivity index (χ0n) is 8.60. The maximum Gasteiger partial charge on any atom is 0.0950 e. The maximum absolute atomic E-state index is 5.83. The second-order valence-electron chi connectivity index (χ2n) is 4.57. The molecule has 2 aliphatic heterocycles. The molecular formula is C11H15ClN2O. The van der Waals surface area contributed by atoms with Gasteiger partial charge >= 0.3 is 0 Å². The Morgan fingerprint density at radius 2 is 2.47 bits per heavy atom. The predicted molar refractivity (Wildman–Crippen MR) is 57.8 cm³/mol. The highest BCUT2D eigenvalue weighted by molar-refractivity contribution is 6.16. The van der Waals surface area contributed by atoms with Crippen LogP contribution in [0.3, 0.4) is 0 Å². The minimum atomic E-state index is 0.497. The molecule has 2 aliphatic rings. The number of ether oxygens (including phenoxy) is 1. The highest BCUT2D eigenvalue weighted by atomic mass is 35.5. The molecule has 3 atom stereocenters. The Labute approximate surface area is 94.4 Å². The smallest absolute Gasteiger partial charge is 0.0950 e. The van der Waals surface area contributed by atoms with Gasteiger partial charge in [0, 0.05) is 18.7 Å². The summed E-state index contributed by atoms with van der Waals surface area (Å²) in [6.07, 6.45) is 8.68. The molecule has 3 unspecified atom stereocenters. The van der Waals surface area contributed by atoms with Gasteiger partial charge in [-0.1, -0.05) is 0 Å². The average molecular weight is 227 g/mol. The van der Waals surface area contributed by atoms with Gasteiger partial charge in [-0.3, -0.25) is 0 Å². The molecule has 1 aromatic rings. The van der Waals surface area contributed by atoms with Gasteiger partial charge in [-0.25, -0.2) is 4.98 Å². The van der Waals surface area contributed by atoms with Crippen LogP contribution in [0.25, 0.3) is 0 Å². The lowest BCUT2D eigenvalue weighted by Gasteiger charge is -2.18. The van der Waals surface area contributed by atoms with Crippen LogP contribution in [0.15, 0.2) is 12.5 Å². The fourth-order valence-electron chi connectivity index (χ4n) is 2.78. The lowest BCUT2D eigenvalue weighted by molar-refractivity contribution is 0.0899. The van der Waals surface area contributed by atoms with Crippen molar-refractivity contribution in [3.8, 4) is 0 Å². The van der Waals surface area contributed by atoms with E-state index in [1.165, 1.54) is 19.3 Å². The van der Waals surface area contributed by atoms with E-state index in [1.54, 1.807) is 0 Å². The van der Waals surface area contributed by atoms with Crippen molar-refractivity contribution in [2.75, 3.05) is 0 Å². The molecule has 0 amide bonds. The summed E-state index contributed by atoms with van der Waals surface area (Å²) >= 11 is 5.72. The van der Waals surface area contributed by atoms with E-state index in [4.69, 9.17) is 16.3 Å². The van der Waals surface area contributed by atoms with Crippen LogP contribution in [0.4, 0.5) is 0 Å². The van der Waals surface area contributed by atoms with Crippen LogP contribution in [-0.2, 0) is 17.2 Å². The number of fused-ring (bicyclic) bond motifs is 2. The molecule has 0 aliphatic carbocycles. The highest BCUT2D eigenvalue weighted by Crippen LogP contribution is 2.39. The van der Waals surface area contributed by atoms with Crippen LogP contribution in [0.2, 0.25) is 0 Å². The van der Waals surface area contributed by atoms with E-state index in [0.717, 1.165) is 12.2 Å². The predicted octanol–water partition coefficient (Wildman–Crippen LogP) is 2.19. The lowest BCUT2D eigenvalue weighted by Crippen LogP contribution is -2.21. The third kappa shape index (κ3) is 1.79. The number of alkyl halides is 1. The number of imidazole rings is 1. The Morgan fingerprint density at radius 1 is 1.53 bits per heavy atom. The van der Waals surface area contributed by atoms with Gasteiger partial charge in [0.05, 0.1) is 30.1 Å². The van der Waals surface area contributed by atoms with Crippen LogP contribution in [-0.4, -0.2) is 21.8 Å². The normalized spacial score (nSPS) is 33.8. The molecule has 2 saturated heterocycles. The van der Waals surface area contributed by atoms with Crippen molar-refractivity contribution in [2.45, 2.75) is 43.9 Å². The Kier molecular flexibility index (Phi) is 2.45. The van der Waals surface area contributed by atoms with E-state index in [1.807, 2.05) is 12.5 Å². The van der Waals surface area contributed by atoms with Crippen molar-refractivity contribution in [1.82, 2.24) is 9.55 Å². The molecule has 0 radical (unpaired) electrons. The third-order valence-corrected chi connectivity index (χ3v) is 3.77. The number of rotatable bonds is 3. The maximum atomic E-state index is 5.83. The molecular weight excluding hydrogens is 212 g/mol. The van der Waals surface area contributed by atoms with Gasteiger partial charge in [0.25, 0.3) is 0 Å². The van der Waals surface area contributed by atoms with Crippen molar-refractivity contribution in [2.24, 2.45) is 5.92 Å². The molecule has 0 spiro atoms. The summed E-state index contributed by atoms with van der Waals surface area (Å²) in [7, 11) is 0. The van der Waals surface area contributed by atoms with Gasteiger partial charge in [0.1, 0.15) is 0 Å². The summed E-state index contributed by atoms with van der Waals surface area (Å²) in [4.78, 5) is 4.23. The molecule has 0 saturated carbocycles. The van der Waals surface area contributed by atoms with Gasteiger partial charge in [-0.15, -0.1) is 11.6 Å². The summed E-state index contributed by atoms with van der Waals surface area (Å²) < 4.78 is 7.98. The van der Waals surface area contributed by atoms with Crippen LogP contribution in [0.1, 0.15) is 25.0 Å². The molecule has 3 nitrogen and oxygen atoms in total. The van der Waals surface area contributed by atoms with E-state index < -0.39 is 0 Å². The number of aromatic nitrogens is 2. The summed E-state index contributed by atoms with van der Waals surface area (Å²) in [5.41, 5.74) is 0.959. The monoisotopic (exact) mass is 226 g/mol. The quantitative estimate of drug-likeness (QED) is 0.739. The Bertz CT molecular complexity index is 352. The molecule has 2 fully saturated rings. The van der Waals surface area contributed by atoms with E-state index in [-0.39, 0.29) is 0 Å². The largest absolute Gasteiger partial charge is 0.375 e. The first-order valence-corrected chi connectivity index (χ1v) is 6.10. The van der Waals surface area contributed by atoms with Crippen molar-refractivity contribution in [3.05, 3.63) is 18.2 Å². The molecule has 4 heteroatoms. The number of halogens is 1. The minimum absolute atomic E-state index is 0.497. The Balaban J connectivity index is 1.65. The van der Waals surface area contributed by atoms with Crippen molar-refractivity contribution >= 4 is 11.6 Å². The standard InChI is InChI=1S/C11H15ClN2O/c12-4-9-6-14(7-13-9)5-8-3-10-1-2-11(8)15-10/h6-8,10-11H,1-5H2. The fourth-order valence-corrected chi connectivity index (χ4v) is 2.92. The molecule has 0 N–H and O–H groups in total. The van der Waals surface area contributed by atoms with Crippen molar-refractivity contribution in [3.63, 3.8) is 0 Å². The second kappa shape index (κ2) is 3.80. The van der Waals surface area contributed by atoms with Gasteiger partial charge in [0.15, 0.2) is 0 Å². The van der Waals surface area contributed by atoms with Crippen molar-refractivity contribution < 1.29 is 4.74 Å². The number of hydrogen-bond acceptors (Lipinski definition) is 2. The molecule has 1 aromatic heterocycles. The highest BCUT2D eigenvalue weighted by Gasteiger charge is 2.40. The van der Waals surface area contributed by atoms with Gasteiger partial charge < -0.3 is 9.30 Å². The van der Waals surface area contributed by atoms with Gasteiger partial charge in [-0.2, -0.15) is 0 Å². The molecule has 82 valence electrons.